The molecule has 144 valence electrons. The van der Waals surface area contributed by atoms with Crippen LogP contribution in [0.2, 0.25) is 0 Å². The molecule has 4 rings (SSSR count). The monoisotopic (exact) mass is 378 g/mol. The van der Waals surface area contributed by atoms with Crippen LogP contribution in [0.15, 0.2) is 60.7 Å². The summed E-state index contributed by atoms with van der Waals surface area (Å²) in [5.74, 6) is 0.340. The topological polar surface area (TPSA) is 35.5 Å². The first kappa shape index (κ1) is 18.6. The molecule has 3 aromatic rings. The second-order valence-electron chi connectivity index (χ2n) is 7.38. The molecule has 3 nitrogen and oxygen atoms in total. The van der Waals surface area contributed by atoms with Gasteiger partial charge < -0.3 is 9.47 Å². The maximum atomic E-state index is 14.3. The van der Waals surface area contributed by atoms with E-state index in [-0.39, 0.29) is 11.6 Å². The number of halogens is 1. The molecule has 0 heterocycles. The molecule has 1 aliphatic rings. The van der Waals surface area contributed by atoms with E-state index in [4.69, 9.17) is 9.47 Å². The number of ketones is 1. The molecule has 0 bridgehead atoms. The van der Waals surface area contributed by atoms with Crippen molar-refractivity contribution >= 4 is 16.6 Å². The first-order chi connectivity index (χ1) is 13.6. The second-order valence-corrected chi connectivity index (χ2v) is 7.38. The van der Waals surface area contributed by atoms with E-state index in [0.717, 1.165) is 16.5 Å². The van der Waals surface area contributed by atoms with Crippen molar-refractivity contribution in [2.45, 2.75) is 37.9 Å². The van der Waals surface area contributed by atoms with E-state index >= 15 is 0 Å². The molecular formula is C24H23FO3. The van der Waals surface area contributed by atoms with E-state index in [9.17, 15) is 9.18 Å². The highest BCUT2D eigenvalue weighted by Gasteiger charge is 2.37. The Morgan fingerprint density at radius 2 is 1.71 bits per heavy atom. The zero-order valence-electron chi connectivity index (χ0n) is 15.9. The van der Waals surface area contributed by atoms with Crippen LogP contribution in [0.25, 0.3) is 10.8 Å². The normalized spacial score (nSPS) is 16.3. The van der Waals surface area contributed by atoms with Crippen molar-refractivity contribution < 1.29 is 18.7 Å². The summed E-state index contributed by atoms with van der Waals surface area (Å²) in [6, 6.07) is 19.0. The van der Waals surface area contributed by atoms with Crippen molar-refractivity contribution in [1.29, 1.82) is 0 Å². The van der Waals surface area contributed by atoms with Gasteiger partial charge in [-0.2, -0.15) is 0 Å². The lowest BCUT2D eigenvalue weighted by Gasteiger charge is -2.36. The van der Waals surface area contributed by atoms with Gasteiger partial charge in [0.2, 0.25) is 0 Å². The lowest BCUT2D eigenvalue weighted by atomic mass is 9.79. The summed E-state index contributed by atoms with van der Waals surface area (Å²) in [5, 5.41) is 2.32. The number of Topliss-reactive ketones (excluding diaryl/α,β-unsaturated/α-hetero) is 1. The standard InChI is InChI=1S/C24H23FO3/c1-27-24(10-8-22(26)9-11-24)20-13-21(25)15-23(14-20)28-16-17-6-7-18-4-2-3-5-19(18)12-17/h2-7,12-15H,8-11,16H2,1H3. The van der Waals surface area contributed by atoms with Crippen LogP contribution in [0.3, 0.4) is 0 Å². The van der Waals surface area contributed by atoms with Crippen LogP contribution < -0.4 is 4.74 Å². The summed E-state index contributed by atoms with van der Waals surface area (Å²) in [4.78, 5) is 11.6. The molecule has 0 aliphatic heterocycles. The van der Waals surface area contributed by atoms with Gasteiger partial charge in [-0.3, -0.25) is 4.79 Å². The summed E-state index contributed by atoms with van der Waals surface area (Å²) in [5.41, 5.74) is 1.13. The predicted octanol–water partition coefficient (Wildman–Crippen LogP) is 5.54. The molecule has 4 heteroatoms. The minimum Gasteiger partial charge on any atom is -0.489 e. The molecule has 0 amide bonds. The molecule has 0 saturated heterocycles. The average Bonchev–Trinajstić information content (AvgIpc) is 2.72. The molecule has 0 N–H and O–H groups in total. The zero-order chi connectivity index (χ0) is 19.6. The van der Waals surface area contributed by atoms with E-state index in [1.165, 1.54) is 17.5 Å². The van der Waals surface area contributed by atoms with Crippen molar-refractivity contribution in [3.05, 3.63) is 77.6 Å². The van der Waals surface area contributed by atoms with Gasteiger partial charge in [0.1, 0.15) is 24.0 Å². The largest absolute Gasteiger partial charge is 0.489 e. The van der Waals surface area contributed by atoms with Gasteiger partial charge in [-0.05, 0) is 52.9 Å². The summed E-state index contributed by atoms with van der Waals surface area (Å²) < 4.78 is 26.0. The van der Waals surface area contributed by atoms with E-state index in [2.05, 4.69) is 24.3 Å². The maximum absolute atomic E-state index is 14.3. The van der Waals surface area contributed by atoms with E-state index in [1.807, 2.05) is 24.3 Å². The summed E-state index contributed by atoms with van der Waals surface area (Å²) >= 11 is 0. The Kier molecular flexibility index (Phi) is 5.14. The number of carbonyl (C=O) groups excluding carboxylic acids is 1. The Hall–Kier alpha value is -2.72. The number of fused-ring (bicyclic) bond motifs is 1. The van der Waals surface area contributed by atoms with Gasteiger partial charge in [0.05, 0.1) is 5.60 Å². The van der Waals surface area contributed by atoms with Gasteiger partial charge in [-0.1, -0.05) is 36.4 Å². The lowest BCUT2D eigenvalue weighted by molar-refractivity contribution is -0.127. The number of rotatable bonds is 5. The summed E-state index contributed by atoms with van der Waals surface area (Å²) in [6.45, 7) is 0.353. The molecular weight excluding hydrogens is 355 g/mol. The maximum Gasteiger partial charge on any atom is 0.133 e. The van der Waals surface area contributed by atoms with Crippen molar-refractivity contribution in [2.24, 2.45) is 0 Å². The summed E-state index contributed by atoms with van der Waals surface area (Å²) in [6.07, 6.45) is 2.04. The number of methoxy groups -OCH3 is 1. The Labute approximate surface area is 164 Å². The molecule has 0 spiro atoms. The van der Waals surface area contributed by atoms with Crippen LogP contribution >= 0.6 is 0 Å². The number of ether oxygens (including phenoxy) is 2. The van der Waals surface area contributed by atoms with Crippen LogP contribution in [0.5, 0.6) is 5.75 Å². The molecule has 1 fully saturated rings. The zero-order valence-corrected chi connectivity index (χ0v) is 15.9. The van der Waals surface area contributed by atoms with Gasteiger partial charge in [-0.15, -0.1) is 0 Å². The van der Waals surface area contributed by atoms with Crippen molar-refractivity contribution in [3.8, 4) is 5.75 Å². The fourth-order valence-electron chi connectivity index (χ4n) is 3.95. The number of hydrogen-bond donors (Lipinski definition) is 0. The first-order valence-corrected chi connectivity index (χ1v) is 9.56. The minimum absolute atomic E-state index is 0.233. The number of hydrogen-bond acceptors (Lipinski definition) is 3. The quantitative estimate of drug-likeness (QED) is 0.584. The molecule has 1 saturated carbocycles. The average molecular weight is 378 g/mol. The Morgan fingerprint density at radius 3 is 2.46 bits per heavy atom. The van der Waals surface area contributed by atoms with Crippen LogP contribution in [-0.4, -0.2) is 12.9 Å². The second kappa shape index (κ2) is 7.72. The highest BCUT2D eigenvalue weighted by atomic mass is 19.1. The predicted molar refractivity (Wildman–Crippen MR) is 107 cm³/mol. The Balaban J connectivity index is 1.55. The third kappa shape index (κ3) is 3.78. The van der Waals surface area contributed by atoms with Crippen molar-refractivity contribution in [3.63, 3.8) is 0 Å². The van der Waals surface area contributed by atoms with Crippen LogP contribution in [0, 0.1) is 5.82 Å². The molecule has 0 atom stereocenters. The van der Waals surface area contributed by atoms with Gasteiger partial charge in [0.15, 0.2) is 0 Å². The lowest BCUT2D eigenvalue weighted by Crippen LogP contribution is -2.34. The van der Waals surface area contributed by atoms with E-state index < -0.39 is 5.60 Å². The molecule has 3 aromatic carbocycles. The SMILES string of the molecule is COC1(c2cc(F)cc(OCc3ccc4ccccc4c3)c2)CCC(=O)CC1. The molecule has 0 radical (unpaired) electrons. The third-order valence-electron chi connectivity index (χ3n) is 5.62. The van der Waals surface area contributed by atoms with E-state index in [0.29, 0.717) is 38.0 Å². The fourth-order valence-corrected chi connectivity index (χ4v) is 3.95. The highest BCUT2D eigenvalue weighted by Crippen LogP contribution is 2.40. The van der Waals surface area contributed by atoms with Crippen LogP contribution in [0.4, 0.5) is 4.39 Å². The fraction of sp³-hybridized carbons (Fsp3) is 0.292. The van der Waals surface area contributed by atoms with Gasteiger partial charge in [0, 0.05) is 26.0 Å². The third-order valence-corrected chi connectivity index (χ3v) is 5.62. The Bertz CT molecular complexity index is 1000. The van der Waals surface area contributed by atoms with Gasteiger partial charge in [-0.25, -0.2) is 4.39 Å². The van der Waals surface area contributed by atoms with Crippen LogP contribution in [-0.2, 0) is 21.7 Å². The number of benzene rings is 3. The molecule has 28 heavy (non-hydrogen) atoms. The summed E-state index contributed by atoms with van der Waals surface area (Å²) in [7, 11) is 1.62. The number of carbonyl (C=O) groups is 1. The van der Waals surface area contributed by atoms with Crippen molar-refractivity contribution in [1.82, 2.24) is 0 Å². The minimum atomic E-state index is -0.628. The molecule has 1 aliphatic carbocycles. The van der Waals surface area contributed by atoms with E-state index in [1.54, 1.807) is 7.11 Å². The Morgan fingerprint density at radius 1 is 0.964 bits per heavy atom. The van der Waals surface area contributed by atoms with Gasteiger partial charge in [0.25, 0.3) is 0 Å². The molecule has 0 unspecified atom stereocenters. The van der Waals surface area contributed by atoms with Gasteiger partial charge >= 0.3 is 0 Å². The molecule has 0 aromatic heterocycles. The smallest absolute Gasteiger partial charge is 0.133 e. The first-order valence-electron chi connectivity index (χ1n) is 9.56. The van der Waals surface area contributed by atoms with Crippen LogP contribution in [0.1, 0.15) is 36.8 Å². The highest BCUT2D eigenvalue weighted by molar-refractivity contribution is 5.83. The van der Waals surface area contributed by atoms with Crippen molar-refractivity contribution in [2.75, 3.05) is 7.11 Å².